The molecule has 1 nitrogen and oxygen atoms in total. The van der Waals surface area contributed by atoms with Crippen LogP contribution in [-0.2, 0) is 0 Å². The molecule has 4 fully saturated rings. The zero-order chi connectivity index (χ0) is 16.9. The fourth-order valence-corrected chi connectivity index (χ4v) is 6.97. The van der Waals surface area contributed by atoms with Crippen molar-refractivity contribution >= 4 is 11.6 Å². The Morgan fingerprint density at radius 2 is 1.60 bits per heavy atom. The van der Waals surface area contributed by atoms with Gasteiger partial charge < -0.3 is 5.32 Å². The molecule has 5 aliphatic carbocycles. The maximum absolute atomic E-state index is 6.17. The van der Waals surface area contributed by atoms with Gasteiger partial charge in [-0.3, -0.25) is 0 Å². The molecular formula is C23H30ClN. The molecule has 0 amide bonds. The lowest BCUT2D eigenvalue weighted by molar-refractivity contribution is -0.0283. The van der Waals surface area contributed by atoms with Crippen molar-refractivity contribution in [3.63, 3.8) is 0 Å². The Hall–Kier alpha value is -0.790. The van der Waals surface area contributed by atoms with Gasteiger partial charge in [-0.1, -0.05) is 35.9 Å². The second-order valence-electron chi connectivity index (χ2n) is 9.39. The van der Waals surface area contributed by atoms with Crippen LogP contribution in [0, 0.1) is 23.7 Å². The molecule has 1 N–H and O–H groups in total. The van der Waals surface area contributed by atoms with Crippen LogP contribution < -0.4 is 5.32 Å². The number of benzene rings is 1. The van der Waals surface area contributed by atoms with Crippen LogP contribution in [0.25, 0.3) is 0 Å². The van der Waals surface area contributed by atoms with Crippen LogP contribution in [0.2, 0.25) is 5.02 Å². The smallest absolute Gasteiger partial charge is 0.0406 e. The van der Waals surface area contributed by atoms with Gasteiger partial charge in [-0.25, -0.2) is 0 Å². The summed E-state index contributed by atoms with van der Waals surface area (Å²) in [5.41, 5.74) is 1.83. The molecule has 25 heavy (non-hydrogen) atoms. The van der Waals surface area contributed by atoms with Crippen LogP contribution >= 0.6 is 11.6 Å². The highest BCUT2D eigenvalue weighted by atomic mass is 35.5. The molecule has 2 atom stereocenters. The minimum Gasteiger partial charge on any atom is -0.304 e. The van der Waals surface area contributed by atoms with E-state index in [1.165, 1.54) is 63.4 Å². The van der Waals surface area contributed by atoms with E-state index in [0.29, 0.717) is 17.5 Å². The van der Waals surface area contributed by atoms with Crippen molar-refractivity contribution in [1.29, 1.82) is 0 Å². The molecule has 0 saturated heterocycles. The summed E-state index contributed by atoms with van der Waals surface area (Å²) in [5, 5.41) is 5.12. The summed E-state index contributed by atoms with van der Waals surface area (Å²) in [6, 6.07) is 9.09. The largest absolute Gasteiger partial charge is 0.304 e. The molecule has 1 aromatic carbocycles. The van der Waals surface area contributed by atoms with Gasteiger partial charge >= 0.3 is 0 Å². The lowest BCUT2D eigenvalue weighted by Gasteiger charge is -2.58. The summed E-state index contributed by atoms with van der Waals surface area (Å²) in [7, 11) is 0. The van der Waals surface area contributed by atoms with E-state index in [2.05, 4.69) is 41.7 Å². The van der Waals surface area contributed by atoms with E-state index >= 15 is 0 Å². The summed E-state index contributed by atoms with van der Waals surface area (Å²) in [6.45, 7) is 0. The molecular weight excluding hydrogens is 326 g/mol. The highest BCUT2D eigenvalue weighted by Crippen LogP contribution is 2.56. The van der Waals surface area contributed by atoms with Gasteiger partial charge in [0, 0.05) is 16.6 Å². The van der Waals surface area contributed by atoms with Gasteiger partial charge in [0.25, 0.3) is 0 Å². The van der Waals surface area contributed by atoms with Crippen LogP contribution in [0.3, 0.4) is 0 Å². The molecule has 1 aromatic rings. The van der Waals surface area contributed by atoms with Crippen LogP contribution in [0.4, 0.5) is 0 Å². The van der Waals surface area contributed by atoms with Crippen LogP contribution in [0.1, 0.15) is 69.4 Å². The minimum atomic E-state index is 0.407. The van der Waals surface area contributed by atoms with Crippen molar-refractivity contribution in [2.75, 3.05) is 0 Å². The zero-order valence-electron chi connectivity index (χ0n) is 15.1. The topological polar surface area (TPSA) is 12.0 Å². The molecule has 6 rings (SSSR count). The fourth-order valence-electron chi connectivity index (χ4n) is 6.84. The van der Waals surface area contributed by atoms with Gasteiger partial charge in [0.15, 0.2) is 0 Å². The summed E-state index contributed by atoms with van der Waals surface area (Å²) < 4.78 is 0. The molecule has 5 aliphatic rings. The maximum atomic E-state index is 6.17. The highest BCUT2D eigenvalue weighted by Gasteiger charge is 2.51. The molecule has 2 heteroatoms. The molecule has 0 spiro atoms. The van der Waals surface area contributed by atoms with Gasteiger partial charge in [0.05, 0.1) is 0 Å². The van der Waals surface area contributed by atoms with Gasteiger partial charge in [-0.2, -0.15) is 0 Å². The number of rotatable bonds is 4. The lowest BCUT2D eigenvalue weighted by Crippen LogP contribution is -2.59. The Morgan fingerprint density at radius 1 is 0.960 bits per heavy atom. The average Bonchev–Trinajstić information content (AvgIpc) is 2.60. The van der Waals surface area contributed by atoms with E-state index in [1.807, 2.05) is 0 Å². The molecule has 0 aliphatic heterocycles. The van der Waals surface area contributed by atoms with Crippen molar-refractivity contribution in [2.45, 2.75) is 69.4 Å². The molecule has 0 aromatic heterocycles. The minimum absolute atomic E-state index is 0.407. The summed E-state index contributed by atoms with van der Waals surface area (Å²) in [5.74, 6) is 3.60. The zero-order valence-corrected chi connectivity index (χ0v) is 15.8. The van der Waals surface area contributed by atoms with Crippen molar-refractivity contribution in [1.82, 2.24) is 5.32 Å². The molecule has 4 bridgehead atoms. The second kappa shape index (κ2) is 6.43. The third kappa shape index (κ3) is 3.19. The highest BCUT2D eigenvalue weighted by molar-refractivity contribution is 6.30. The number of halogens is 1. The van der Waals surface area contributed by atoms with Crippen LogP contribution in [-0.4, -0.2) is 5.54 Å². The number of hydrogen-bond acceptors (Lipinski definition) is 1. The molecule has 134 valence electrons. The van der Waals surface area contributed by atoms with Gasteiger partial charge in [0.2, 0.25) is 0 Å². The van der Waals surface area contributed by atoms with Crippen LogP contribution in [0.5, 0.6) is 0 Å². The first-order valence-electron chi connectivity index (χ1n) is 10.4. The first-order valence-corrected chi connectivity index (χ1v) is 10.8. The van der Waals surface area contributed by atoms with Crippen LogP contribution in [0.15, 0.2) is 36.4 Å². The van der Waals surface area contributed by atoms with E-state index in [0.717, 1.165) is 22.8 Å². The second-order valence-corrected chi connectivity index (χ2v) is 9.83. The number of nitrogens with one attached hydrogen (secondary N) is 1. The van der Waals surface area contributed by atoms with Crippen molar-refractivity contribution in [2.24, 2.45) is 23.7 Å². The Kier molecular flexibility index (Phi) is 4.21. The predicted molar refractivity (Wildman–Crippen MR) is 105 cm³/mol. The fraction of sp³-hybridized carbons (Fsp3) is 0.652. The predicted octanol–water partition coefficient (Wildman–Crippen LogP) is 6.30. The van der Waals surface area contributed by atoms with E-state index in [4.69, 9.17) is 11.6 Å². The maximum Gasteiger partial charge on any atom is 0.0406 e. The first kappa shape index (κ1) is 16.4. The van der Waals surface area contributed by atoms with Crippen molar-refractivity contribution < 1.29 is 0 Å². The van der Waals surface area contributed by atoms with E-state index < -0.39 is 0 Å². The molecule has 4 saturated carbocycles. The first-order chi connectivity index (χ1) is 12.2. The summed E-state index contributed by atoms with van der Waals surface area (Å²) in [4.78, 5) is 0. The molecule has 0 heterocycles. The monoisotopic (exact) mass is 355 g/mol. The number of allylic oxidation sites excluding steroid dienone is 1. The van der Waals surface area contributed by atoms with Gasteiger partial charge in [-0.15, -0.1) is 0 Å². The van der Waals surface area contributed by atoms with E-state index in [-0.39, 0.29) is 0 Å². The van der Waals surface area contributed by atoms with Crippen molar-refractivity contribution in [3.05, 3.63) is 47.0 Å². The van der Waals surface area contributed by atoms with E-state index in [1.54, 1.807) is 0 Å². The summed E-state index contributed by atoms with van der Waals surface area (Å²) in [6.07, 6.45) is 17.5. The normalized spacial score (nSPS) is 40.4. The van der Waals surface area contributed by atoms with Gasteiger partial charge in [-0.05, 0) is 99.2 Å². The number of hydrogen-bond donors (Lipinski definition) is 1. The Labute approximate surface area is 157 Å². The molecule has 0 radical (unpaired) electrons. The Balaban J connectivity index is 1.45. The lowest BCUT2D eigenvalue weighted by atomic mass is 9.52. The SMILES string of the molecule is Clc1ccc([C@H](NC23CC4CC(CC(C4)C2)C3)[C@H]2C=CCCC2)cc1. The molecule has 0 unspecified atom stereocenters. The third-order valence-electron chi connectivity index (χ3n) is 7.45. The Bertz CT molecular complexity index is 611. The van der Waals surface area contributed by atoms with Gasteiger partial charge in [0.1, 0.15) is 0 Å². The van der Waals surface area contributed by atoms with E-state index in [9.17, 15) is 0 Å². The Morgan fingerprint density at radius 3 is 2.16 bits per heavy atom. The standard InChI is InChI=1S/C23H30ClN/c24-21-8-6-20(7-9-21)22(19-4-2-1-3-5-19)25-23-13-16-10-17(14-23)12-18(11-16)15-23/h2,4,6-9,16-19,22,25H,1,3,5,10-15H2/t16?,17?,18?,19-,22+,23?/m0/s1. The summed E-state index contributed by atoms with van der Waals surface area (Å²) >= 11 is 6.17. The average molecular weight is 356 g/mol. The van der Waals surface area contributed by atoms with Crippen molar-refractivity contribution in [3.8, 4) is 0 Å². The quantitative estimate of drug-likeness (QED) is 0.625. The third-order valence-corrected chi connectivity index (χ3v) is 7.70.